The summed E-state index contributed by atoms with van der Waals surface area (Å²) in [5.74, 6) is 0.298. The van der Waals surface area contributed by atoms with Crippen LogP contribution in [0.1, 0.15) is 24.0 Å². The van der Waals surface area contributed by atoms with Crippen LogP contribution in [0.5, 0.6) is 11.5 Å². The number of nitrogens with zero attached hydrogens (tertiary/aromatic N) is 1. The number of halogens is 3. The van der Waals surface area contributed by atoms with Crippen molar-refractivity contribution in [1.29, 1.82) is 0 Å². The second-order valence-corrected chi connectivity index (χ2v) is 7.07. The third-order valence-electron chi connectivity index (χ3n) is 4.95. The first kappa shape index (κ1) is 21.7. The predicted molar refractivity (Wildman–Crippen MR) is 108 cm³/mol. The van der Waals surface area contributed by atoms with Gasteiger partial charge in [-0.1, -0.05) is 42.5 Å². The van der Waals surface area contributed by atoms with Gasteiger partial charge in [0, 0.05) is 19.5 Å². The van der Waals surface area contributed by atoms with E-state index in [1.807, 2.05) is 23.1 Å². The molecule has 0 N–H and O–H groups in total. The number of rotatable bonds is 7. The average Bonchev–Trinajstić information content (AvgIpc) is 2.76. The highest BCUT2D eigenvalue weighted by Crippen LogP contribution is 2.30. The lowest BCUT2D eigenvalue weighted by atomic mass is 9.99. The van der Waals surface area contributed by atoms with Crippen molar-refractivity contribution in [3.63, 3.8) is 0 Å². The van der Waals surface area contributed by atoms with E-state index in [4.69, 9.17) is 9.47 Å². The second kappa shape index (κ2) is 9.69. The van der Waals surface area contributed by atoms with E-state index in [-0.39, 0.29) is 17.4 Å². The van der Waals surface area contributed by atoms with E-state index < -0.39 is 12.8 Å². The second-order valence-electron chi connectivity index (χ2n) is 7.07. The Hall–Kier alpha value is -2.96. The Morgan fingerprint density at radius 1 is 1.10 bits per heavy atom. The van der Waals surface area contributed by atoms with E-state index >= 15 is 0 Å². The van der Waals surface area contributed by atoms with E-state index in [0.29, 0.717) is 25.9 Å². The van der Waals surface area contributed by atoms with Crippen LogP contribution in [-0.2, 0) is 11.2 Å². The smallest absolute Gasteiger partial charge is 0.422 e. The summed E-state index contributed by atoms with van der Waals surface area (Å²) in [6.45, 7) is -0.127. The van der Waals surface area contributed by atoms with Crippen molar-refractivity contribution in [2.75, 3.05) is 26.8 Å². The molecule has 3 rings (SSSR count). The first-order chi connectivity index (χ1) is 14.4. The van der Waals surface area contributed by atoms with Gasteiger partial charge in [-0.15, -0.1) is 0 Å². The van der Waals surface area contributed by atoms with E-state index in [1.54, 1.807) is 12.1 Å². The molecule has 0 atom stereocenters. The van der Waals surface area contributed by atoms with Crippen molar-refractivity contribution in [3.05, 3.63) is 65.7 Å². The van der Waals surface area contributed by atoms with Crippen LogP contribution in [0.4, 0.5) is 13.2 Å². The Balaban J connectivity index is 1.54. The number of alkyl halides is 3. The number of amides is 1. The molecule has 1 amide bonds. The van der Waals surface area contributed by atoms with Crippen LogP contribution in [0.15, 0.2) is 54.6 Å². The lowest BCUT2D eigenvalue weighted by Crippen LogP contribution is -2.34. The van der Waals surface area contributed by atoms with E-state index in [9.17, 15) is 18.0 Å². The molecular weight excluding hydrogens is 395 g/mol. The molecule has 1 aliphatic heterocycles. The number of methoxy groups -OCH3 is 1. The molecule has 7 heteroatoms. The number of carbonyl (C=O) groups excluding carboxylic acids is 1. The maximum absolute atomic E-state index is 12.6. The van der Waals surface area contributed by atoms with Crippen LogP contribution in [-0.4, -0.2) is 43.8 Å². The molecule has 0 radical (unpaired) electrons. The summed E-state index contributed by atoms with van der Waals surface area (Å²) < 4.78 is 47.0. The molecule has 0 saturated heterocycles. The predicted octanol–water partition coefficient (Wildman–Crippen LogP) is 4.88. The molecule has 0 bridgehead atoms. The summed E-state index contributed by atoms with van der Waals surface area (Å²) >= 11 is 0. The molecule has 160 valence electrons. The number of aryl methyl sites for hydroxylation is 1. The summed E-state index contributed by atoms with van der Waals surface area (Å²) in [6, 6.07) is 14.8. The highest BCUT2D eigenvalue weighted by Gasteiger charge is 2.29. The highest BCUT2D eigenvalue weighted by atomic mass is 19.4. The van der Waals surface area contributed by atoms with Gasteiger partial charge >= 0.3 is 6.18 Å². The van der Waals surface area contributed by atoms with Gasteiger partial charge in [0.2, 0.25) is 5.91 Å². The maximum Gasteiger partial charge on any atom is 0.422 e. The first-order valence-electron chi connectivity index (χ1n) is 9.74. The van der Waals surface area contributed by atoms with Gasteiger partial charge in [-0.25, -0.2) is 0 Å². The first-order valence-corrected chi connectivity index (χ1v) is 9.74. The van der Waals surface area contributed by atoms with Crippen molar-refractivity contribution >= 4 is 11.5 Å². The van der Waals surface area contributed by atoms with Gasteiger partial charge in [0.25, 0.3) is 0 Å². The molecule has 0 unspecified atom stereocenters. The van der Waals surface area contributed by atoms with Crippen LogP contribution in [0.25, 0.3) is 5.57 Å². The molecule has 4 nitrogen and oxygen atoms in total. The lowest BCUT2D eigenvalue weighted by molar-refractivity contribution is -0.153. The van der Waals surface area contributed by atoms with Crippen molar-refractivity contribution in [2.45, 2.75) is 25.4 Å². The fraction of sp³-hybridized carbons (Fsp3) is 0.348. The van der Waals surface area contributed by atoms with E-state index in [2.05, 4.69) is 18.2 Å². The molecular formula is C23H24F3NO3. The Morgan fingerprint density at radius 2 is 1.87 bits per heavy atom. The van der Waals surface area contributed by atoms with Gasteiger partial charge in [-0.3, -0.25) is 4.79 Å². The summed E-state index contributed by atoms with van der Waals surface area (Å²) in [5, 5.41) is 0. The van der Waals surface area contributed by atoms with E-state index in [1.165, 1.54) is 24.3 Å². The Labute approximate surface area is 173 Å². The average molecular weight is 419 g/mol. The number of benzene rings is 2. The van der Waals surface area contributed by atoms with Crippen LogP contribution in [0.2, 0.25) is 0 Å². The largest absolute Gasteiger partial charge is 0.493 e. The Kier molecular flexibility index (Phi) is 7.03. The molecule has 0 aliphatic carbocycles. The van der Waals surface area contributed by atoms with Gasteiger partial charge < -0.3 is 14.4 Å². The van der Waals surface area contributed by atoms with Crippen molar-refractivity contribution in [2.24, 2.45) is 0 Å². The van der Waals surface area contributed by atoms with Crippen molar-refractivity contribution < 1.29 is 27.4 Å². The summed E-state index contributed by atoms with van der Waals surface area (Å²) in [7, 11) is 1.37. The van der Waals surface area contributed by atoms with Crippen LogP contribution < -0.4 is 9.47 Å². The normalized spacial score (nSPS) is 14.3. The summed E-state index contributed by atoms with van der Waals surface area (Å²) in [4.78, 5) is 14.4. The van der Waals surface area contributed by atoms with Crippen LogP contribution >= 0.6 is 0 Å². The van der Waals surface area contributed by atoms with Gasteiger partial charge in [-0.05, 0) is 41.7 Å². The van der Waals surface area contributed by atoms with Crippen molar-refractivity contribution in [3.8, 4) is 11.5 Å². The number of carbonyl (C=O) groups is 1. The number of hydrogen-bond donors (Lipinski definition) is 0. The van der Waals surface area contributed by atoms with Gasteiger partial charge in [0.05, 0.1) is 7.11 Å². The van der Waals surface area contributed by atoms with Crippen LogP contribution in [0, 0.1) is 0 Å². The highest BCUT2D eigenvalue weighted by molar-refractivity contribution is 5.78. The molecule has 2 aromatic rings. The minimum absolute atomic E-state index is 0.0273. The molecule has 30 heavy (non-hydrogen) atoms. The number of hydrogen-bond acceptors (Lipinski definition) is 3. The van der Waals surface area contributed by atoms with Gasteiger partial charge in [-0.2, -0.15) is 13.2 Å². The topological polar surface area (TPSA) is 38.8 Å². The molecule has 2 aromatic carbocycles. The van der Waals surface area contributed by atoms with Crippen LogP contribution in [0.3, 0.4) is 0 Å². The summed E-state index contributed by atoms with van der Waals surface area (Å²) in [5.41, 5.74) is 3.24. The number of ether oxygens (including phenoxy) is 2. The third-order valence-corrected chi connectivity index (χ3v) is 4.95. The molecule has 1 heterocycles. The third kappa shape index (κ3) is 6.02. The van der Waals surface area contributed by atoms with Gasteiger partial charge in [0.15, 0.2) is 18.1 Å². The molecule has 0 saturated carbocycles. The maximum atomic E-state index is 12.6. The fourth-order valence-electron chi connectivity index (χ4n) is 3.37. The van der Waals surface area contributed by atoms with Crippen molar-refractivity contribution in [1.82, 2.24) is 4.90 Å². The lowest BCUT2D eigenvalue weighted by Gasteiger charge is -2.27. The SMILES string of the molecule is COc1cc(CCC(=O)N2CC=C(c3ccccc3)CC2)ccc1OCC(F)(F)F. The Morgan fingerprint density at radius 3 is 2.50 bits per heavy atom. The Bertz CT molecular complexity index is 894. The molecule has 0 aromatic heterocycles. The fourth-order valence-corrected chi connectivity index (χ4v) is 3.37. The standard InChI is InChI=1S/C23H24F3NO3/c1-29-21-15-17(7-9-20(21)30-16-23(24,25)26)8-10-22(28)27-13-11-19(12-14-27)18-5-3-2-4-6-18/h2-7,9,11,15H,8,10,12-14,16H2,1H3. The quantitative estimate of drug-likeness (QED) is 0.642. The minimum atomic E-state index is -4.42. The van der Waals surface area contributed by atoms with Gasteiger partial charge in [0.1, 0.15) is 0 Å². The zero-order valence-electron chi connectivity index (χ0n) is 16.7. The zero-order valence-corrected chi connectivity index (χ0v) is 16.7. The van der Waals surface area contributed by atoms with E-state index in [0.717, 1.165) is 12.0 Å². The zero-order chi connectivity index (χ0) is 21.6. The molecule has 0 fully saturated rings. The monoisotopic (exact) mass is 419 g/mol. The summed E-state index contributed by atoms with van der Waals surface area (Å²) in [6.07, 6.45) is -0.721. The molecule has 0 spiro atoms. The minimum Gasteiger partial charge on any atom is -0.493 e. The molecule has 1 aliphatic rings.